The van der Waals surface area contributed by atoms with Crippen LogP contribution in [0.25, 0.3) is 0 Å². The van der Waals surface area contributed by atoms with Crippen molar-refractivity contribution in [3.8, 4) is 0 Å². The van der Waals surface area contributed by atoms with Crippen molar-refractivity contribution in [3.63, 3.8) is 0 Å². The SMILES string of the molecule is CC[C@H]1[C@@H](O)[C@@H]2[C@H](C[C@H](O)[C@]3(C)[C@@H]([C@H](C)CCC(=O)N4CCC[C@@H](S(=O)(=O)[O-])C4)CC[C@@H]23)[C@@]2(C)CC[C@@H](O)C[C@@H]12. The first-order valence-corrected chi connectivity index (χ1v) is 17.5. The molecule has 1 saturated heterocycles. The van der Waals surface area contributed by atoms with E-state index in [1.54, 1.807) is 4.90 Å². The zero-order valence-electron chi connectivity index (χ0n) is 24.9. The molecule has 9 heteroatoms. The molecule has 0 spiro atoms. The molecule has 0 radical (unpaired) electrons. The van der Waals surface area contributed by atoms with Gasteiger partial charge >= 0.3 is 0 Å². The Labute approximate surface area is 241 Å². The van der Waals surface area contributed by atoms with E-state index in [1.807, 2.05) is 0 Å². The van der Waals surface area contributed by atoms with Gasteiger partial charge in [0, 0.05) is 19.5 Å². The molecule has 40 heavy (non-hydrogen) atoms. The van der Waals surface area contributed by atoms with Gasteiger partial charge in [0.05, 0.1) is 33.7 Å². The topological polar surface area (TPSA) is 138 Å². The molecule has 4 aliphatic carbocycles. The van der Waals surface area contributed by atoms with Crippen molar-refractivity contribution in [2.24, 2.45) is 52.3 Å². The quantitative estimate of drug-likeness (QED) is 0.407. The van der Waals surface area contributed by atoms with Gasteiger partial charge in [-0.1, -0.05) is 34.1 Å². The van der Waals surface area contributed by atoms with Crippen LogP contribution in [0.4, 0.5) is 0 Å². The molecule has 4 saturated carbocycles. The summed E-state index contributed by atoms with van der Waals surface area (Å²) in [6, 6.07) is 0. The monoisotopic (exact) mass is 582 g/mol. The third-order valence-electron chi connectivity index (χ3n) is 13.2. The summed E-state index contributed by atoms with van der Waals surface area (Å²) in [5.41, 5.74) is -0.306. The predicted molar refractivity (Wildman–Crippen MR) is 151 cm³/mol. The number of aliphatic hydroxyl groups excluding tert-OH is 3. The van der Waals surface area contributed by atoms with Gasteiger partial charge in [-0.25, -0.2) is 8.42 Å². The zero-order valence-corrected chi connectivity index (χ0v) is 25.7. The van der Waals surface area contributed by atoms with E-state index < -0.39 is 27.6 Å². The number of fused-ring (bicyclic) bond motifs is 5. The van der Waals surface area contributed by atoms with Crippen LogP contribution < -0.4 is 0 Å². The highest BCUT2D eigenvalue weighted by Gasteiger charge is 2.67. The Morgan fingerprint density at radius 1 is 1.05 bits per heavy atom. The number of amides is 1. The first-order chi connectivity index (χ1) is 18.7. The van der Waals surface area contributed by atoms with Crippen LogP contribution in [0, 0.1) is 52.3 Å². The summed E-state index contributed by atoms with van der Waals surface area (Å²) in [6.45, 7) is 9.44. The zero-order chi connectivity index (χ0) is 29.2. The number of carbonyl (C=O) groups excluding carboxylic acids is 1. The van der Waals surface area contributed by atoms with Crippen LogP contribution in [0.5, 0.6) is 0 Å². The van der Waals surface area contributed by atoms with Crippen molar-refractivity contribution >= 4 is 16.0 Å². The third kappa shape index (κ3) is 4.97. The van der Waals surface area contributed by atoms with E-state index in [-0.39, 0.29) is 70.8 Å². The van der Waals surface area contributed by atoms with Crippen LogP contribution >= 0.6 is 0 Å². The maximum atomic E-state index is 13.0. The van der Waals surface area contributed by atoms with Gasteiger partial charge in [-0.2, -0.15) is 0 Å². The van der Waals surface area contributed by atoms with Gasteiger partial charge in [0.1, 0.15) is 0 Å². The Balaban J connectivity index is 1.30. The summed E-state index contributed by atoms with van der Waals surface area (Å²) in [5.74, 6) is 1.42. The van der Waals surface area contributed by atoms with E-state index in [4.69, 9.17) is 0 Å². The van der Waals surface area contributed by atoms with Crippen molar-refractivity contribution in [1.82, 2.24) is 4.90 Å². The van der Waals surface area contributed by atoms with E-state index >= 15 is 0 Å². The van der Waals surface area contributed by atoms with Gasteiger partial charge in [0.25, 0.3) is 0 Å². The van der Waals surface area contributed by atoms with E-state index in [1.165, 1.54) is 0 Å². The second-order valence-corrected chi connectivity index (χ2v) is 16.5. The minimum absolute atomic E-state index is 0.00266. The lowest BCUT2D eigenvalue weighted by Crippen LogP contribution is -2.65. The average molecular weight is 583 g/mol. The molecule has 0 bridgehead atoms. The van der Waals surface area contributed by atoms with Crippen LogP contribution in [0.3, 0.4) is 0 Å². The van der Waals surface area contributed by atoms with Gasteiger partial charge < -0.3 is 24.8 Å². The summed E-state index contributed by atoms with van der Waals surface area (Å²) in [4.78, 5) is 14.6. The molecule has 0 aromatic rings. The van der Waals surface area contributed by atoms with Crippen LogP contribution in [0.15, 0.2) is 0 Å². The second-order valence-electron chi connectivity index (χ2n) is 14.8. The molecule has 0 aromatic carbocycles. The van der Waals surface area contributed by atoms with Gasteiger partial charge in [0.15, 0.2) is 0 Å². The van der Waals surface area contributed by atoms with Gasteiger partial charge in [-0.3, -0.25) is 4.79 Å². The molecule has 13 atom stereocenters. The van der Waals surface area contributed by atoms with Crippen molar-refractivity contribution in [3.05, 3.63) is 0 Å². The molecule has 3 N–H and O–H groups in total. The van der Waals surface area contributed by atoms with E-state index in [0.29, 0.717) is 38.6 Å². The number of hydrogen-bond donors (Lipinski definition) is 3. The number of nitrogens with zero attached hydrogens (tertiary/aromatic N) is 1. The number of likely N-dealkylation sites (tertiary alicyclic amines) is 1. The molecule has 5 aliphatic rings. The van der Waals surface area contributed by atoms with Gasteiger partial charge in [0.2, 0.25) is 5.91 Å². The normalized spacial score (nSPS) is 48.1. The lowest BCUT2D eigenvalue weighted by atomic mass is 9.41. The summed E-state index contributed by atoms with van der Waals surface area (Å²) < 4.78 is 34.6. The molecule has 8 nitrogen and oxygen atoms in total. The highest BCUT2D eigenvalue weighted by molar-refractivity contribution is 7.86. The Bertz CT molecular complexity index is 1050. The molecular weight excluding hydrogens is 530 g/mol. The predicted octanol–water partition coefficient (Wildman–Crippen LogP) is 3.54. The van der Waals surface area contributed by atoms with Crippen molar-refractivity contribution in [1.29, 1.82) is 0 Å². The molecule has 0 aromatic heterocycles. The fraction of sp³-hybridized carbons (Fsp3) is 0.968. The number of carbonyl (C=O) groups is 1. The average Bonchev–Trinajstić information content (AvgIpc) is 3.27. The molecule has 230 valence electrons. The lowest BCUT2D eigenvalue weighted by Gasteiger charge is -2.65. The highest BCUT2D eigenvalue weighted by atomic mass is 32.2. The van der Waals surface area contributed by atoms with E-state index in [2.05, 4.69) is 27.7 Å². The molecule has 1 heterocycles. The van der Waals surface area contributed by atoms with Crippen LogP contribution in [0.2, 0.25) is 0 Å². The number of aliphatic hydroxyl groups is 3. The summed E-state index contributed by atoms with van der Waals surface area (Å²) in [5, 5.41) is 33.3. The fourth-order valence-electron chi connectivity index (χ4n) is 11.0. The Morgan fingerprint density at radius 3 is 2.45 bits per heavy atom. The molecular formula is C31H52NO7S-. The third-order valence-corrected chi connectivity index (χ3v) is 14.4. The van der Waals surface area contributed by atoms with Crippen LogP contribution in [-0.4, -0.2) is 75.7 Å². The smallest absolute Gasteiger partial charge is 0.222 e. The van der Waals surface area contributed by atoms with E-state index in [9.17, 15) is 33.1 Å². The number of hydrogen-bond acceptors (Lipinski definition) is 7. The number of rotatable bonds is 6. The van der Waals surface area contributed by atoms with Crippen molar-refractivity contribution in [2.45, 2.75) is 122 Å². The van der Waals surface area contributed by atoms with Gasteiger partial charge in [-0.15, -0.1) is 0 Å². The first kappa shape index (κ1) is 30.7. The van der Waals surface area contributed by atoms with Crippen molar-refractivity contribution < 1.29 is 33.1 Å². The minimum atomic E-state index is -4.40. The maximum Gasteiger partial charge on any atom is 0.222 e. The largest absolute Gasteiger partial charge is 0.748 e. The maximum absolute atomic E-state index is 13.0. The van der Waals surface area contributed by atoms with Gasteiger partial charge in [-0.05, 0) is 110 Å². The van der Waals surface area contributed by atoms with Crippen molar-refractivity contribution in [2.75, 3.05) is 13.1 Å². The van der Waals surface area contributed by atoms with Crippen LogP contribution in [0.1, 0.15) is 98.3 Å². The summed E-state index contributed by atoms with van der Waals surface area (Å²) >= 11 is 0. The number of piperidine rings is 1. The lowest BCUT2D eigenvalue weighted by molar-refractivity contribution is -0.228. The van der Waals surface area contributed by atoms with Crippen LogP contribution in [-0.2, 0) is 14.9 Å². The molecule has 1 aliphatic heterocycles. The molecule has 5 fully saturated rings. The summed E-state index contributed by atoms with van der Waals surface area (Å²) in [6.07, 6.45) is 6.68. The standard InChI is InChI=1S/C31H53NO7S/c1-5-21-24-15-19(33)12-13-30(24,3)25-16-26(34)31(4)22(9-10-23(31)28(25)29(21)36)18(2)8-11-27(35)32-14-6-7-20(17-32)40(37,38)39/h18-26,28-29,33-34,36H,5-17H2,1-4H3,(H,37,38,39)/p-1/t18-,19-,20-,21-,22-,23+,24+,25+,26+,28+,29-,30+,31-/m1/s1. The van der Waals surface area contributed by atoms with E-state index in [0.717, 1.165) is 38.5 Å². The minimum Gasteiger partial charge on any atom is -0.748 e. The second kappa shape index (κ2) is 11.1. The molecule has 5 rings (SSSR count). The first-order valence-electron chi connectivity index (χ1n) is 16.0. The Kier molecular flexibility index (Phi) is 8.50. The fourth-order valence-corrected chi connectivity index (χ4v) is 11.8. The molecule has 1 amide bonds. The summed E-state index contributed by atoms with van der Waals surface area (Å²) in [7, 11) is -4.40. The highest BCUT2D eigenvalue weighted by Crippen LogP contribution is 2.69. The Hall–Kier alpha value is -0.740. The molecule has 0 unspecified atom stereocenters. The Morgan fingerprint density at radius 2 is 1.77 bits per heavy atom.